The fourth-order valence-electron chi connectivity index (χ4n) is 4.37. The summed E-state index contributed by atoms with van der Waals surface area (Å²) in [6.45, 7) is 1.11. The Balaban J connectivity index is 1.32. The topological polar surface area (TPSA) is 45.6 Å². The molecule has 0 aliphatic carbocycles. The van der Waals surface area contributed by atoms with Gasteiger partial charge >= 0.3 is 6.03 Å². The van der Waals surface area contributed by atoms with Gasteiger partial charge in [0, 0.05) is 37.4 Å². The average molecular weight is 360 g/mol. The second-order valence-corrected chi connectivity index (χ2v) is 8.11. The molecule has 132 valence electrons. The lowest BCUT2D eigenvalue weighted by Crippen LogP contribution is -3.17. The third kappa shape index (κ3) is 3.85. The van der Waals surface area contributed by atoms with Crippen molar-refractivity contribution in [2.45, 2.75) is 50.4 Å². The minimum absolute atomic E-state index is 0.207. The monoisotopic (exact) mass is 360 g/mol. The lowest BCUT2D eigenvalue weighted by molar-refractivity contribution is -0.954. The number of hydrogen-bond donors (Lipinski definition) is 3. The van der Waals surface area contributed by atoms with Crippen LogP contribution >= 0.6 is 11.3 Å². The van der Waals surface area contributed by atoms with Gasteiger partial charge in [0.05, 0.1) is 17.0 Å². The molecular weight excluding hydrogens is 337 g/mol. The van der Waals surface area contributed by atoms with Crippen LogP contribution in [0, 0.1) is 5.82 Å². The molecule has 3 heterocycles. The highest BCUT2D eigenvalue weighted by Gasteiger charge is 2.44. The predicted octanol–water partition coefficient (Wildman–Crippen LogP) is 2.79. The Morgan fingerprint density at radius 1 is 1.20 bits per heavy atom. The molecule has 2 bridgehead atoms. The molecule has 0 radical (unpaired) electrons. The molecule has 1 aromatic carbocycles. The summed E-state index contributed by atoms with van der Waals surface area (Å²) in [6.07, 6.45) is 4.53. The molecule has 4 nitrogen and oxygen atoms in total. The van der Waals surface area contributed by atoms with Crippen molar-refractivity contribution in [2.75, 3.05) is 5.32 Å². The van der Waals surface area contributed by atoms with Crippen LogP contribution in [-0.2, 0) is 6.54 Å². The second kappa shape index (κ2) is 7.14. The number of fused-ring (bicyclic) bond motifs is 2. The van der Waals surface area contributed by atoms with Crippen molar-refractivity contribution in [3.05, 3.63) is 52.5 Å². The number of piperidine rings is 1. The molecule has 2 fully saturated rings. The van der Waals surface area contributed by atoms with Crippen LogP contribution in [0.25, 0.3) is 0 Å². The Morgan fingerprint density at radius 3 is 2.68 bits per heavy atom. The molecule has 1 aromatic heterocycles. The Kier molecular flexibility index (Phi) is 4.72. The van der Waals surface area contributed by atoms with E-state index in [1.807, 2.05) is 11.3 Å². The van der Waals surface area contributed by atoms with Crippen molar-refractivity contribution in [3.8, 4) is 0 Å². The number of hydrogen-bond acceptors (Lipinski definition) is 2. The molecule has 2 unspecified atom stereocenters. The van der Waals surface area contributed by atoms with Gasteiger partial charge in [0.2, 0.25) is 0 Å². The van der Waals surface area contributed by atoms with Crippen molar-refractivity contribution >= 4 is 23.1 Å². The molecule has 6 heteroatoms. The standard InChI is InChI=1S/C19H22FN3OS/c20-13-3-1-4-14(9-13)21-19(24)22-15-10-16-6-7-17(11-15)23(16)12-18-5-2-8-25-18/h1-5,8-9,15-17H,6-7,10-12H2,(H2,21,22,24)/p+1/t15?,16-,17+. The first-order valence-corrected chi connectivity index (χ1v) is 9.76. The van der Waals surface area contributed by atoms with Crippen molar-refractivity contribution in [1.29, 1.82) is 0 Å². The van der Waals surface area contributed by atoms with Crippen LogP contribution in [0.4, 0.5) is 14.9 Å². The molecule has 0 saturated carbocycles. The van der Waals surface area contributed by atoms with Crippen LogP contribution in [0.1, 0.15) is 30.6 Å². The molecule has 4 rings (SSSR count). The van der Waals surface area contributed by atoms with Crippen LogP contribution in [0.5, 0.6) is 0 Å². The van der Waals surface area contributed by atoms with Crippen molar-refractivity contribution in [2.24, 2.45) is 0 Å². The molecule has 2 aromatic rings. The number of carbonyl (C=O) groups is 1. The smallest absolute Gasteiger partial charge is 0.319 e. The van der Waals surface area contributed by atoms with Gasteiger partial charge in [-0.05, 0) is 29.6 Å². The zero-order chi connectivity index (χ0) is 17.2. The van der Waals surface area contributed by atoms with E-state index in [1.54, 1.807) is 17.0 Å². The summed E-state index contributed by atoms with van der Waals surface area (Å²) in [5.74, 6) is -0.346. The van der Waals surface area contributed by atoms with Gasteiger partial charge < -0.3 is 15.5 Å². The number of benzene rings is 1. The fourth-order valence-corrected chi connectivity index (χ4v) is 5.11. The maximum Gasteiger partial charge on any atom is 0.319 e. The van der Waals surface area contributed by atoms with E-state index in [0.29, 0.717) is 17.8 Å². The van der Waals surface area contributed by atoms with Crippen molar-refractivity contribution in [3.63, 3.8) is 0 Å². The van der Waals surface area contributed by atoms with Crippen molar-refractivity contribution < 1.29 is 14.1 Å². The highest BCUT2D eigenvalue weighted by atomic mass is 32.1. The number of quaternary nitrogens is 1. The first kappa shape index (κ1) is 16.5. The second-order valence-electron chi connectivity index (χ2n) is 7.08. The third-order valence-corrected chi connectivity index (χ3v) is 6.30. The first-order valence-electron chi connectivity index (χ1n) is 8.88. The van der Waals surface area contributed by atoms with Gasteiger partial charge in [-0.15, -0.1) is 11.3 Å². The zero-order valence-corrected chi connectivity index (χ0v) is 14.8. The Morgan fingerprint density at radius 2 is 2.00 bits per heavy atom. The van der Waals surface area contributed by atoms with Gasteiger partial charge in [-0.3, -0.25) is 0 Å². The van der Waals surface area contributed by atoms with E-state index in [2.05, 4.69) is 28.1 Å². The summed E-state index contributed by atoms with van der Waals surface area (Å²) in [7, 11) is 0. The van der Waals surface area contributed by atoms with Gasteiger partial charge in [-0.1, -0.05) is 12.1 Å². The number of anilines is 1. The molecular formula is C19H23FN3OS+. The van der Waals surface area contributed by atoms with Gasteiger partial charge in [0.25, 0.3) is 0 Å². The number of nitrogens with one attached hydrogen (secondary N) is 3. The first-order chi connectivity index (χ1) is 12.2. The number of carbonyl (C=O) groups excluding carboxylic acids is 1. The largest absolute Gasteiger partial charge is 0.335 e. The number of rotatable bonds is 4. The average Bonchev–Trinajstić information content (AvgIpc) is 3.15. The molecule has 2 aliphatic rings. The van der Waals surface area contributed by atoms with E-state index in [-0.39, 0.29) is 17.9 Å². The number of amides is 2. The molecule has 0 spiro atoms. The fraction of sp³-hybridized carbons (Fsp3) is 0.421. The summed E-state index contributed by atoms with van der Waals surface area (Å²) in [5.41, 5.74) is 0.487. The van der Waals surface area contributed by atoms with E-state index in [0.717, 1.165) is 19.4 Å². The highest BCUT2D eigenvalue weighted by molar-refractivity contribution is 7.09. The van der Waals surface area contributed by atoms with Crippen LogP contribution in [0.2, 0.25) is 0 Å². The summed E-state index contributed by atoms with van der Waals surface area (Å²) < 4.78 is 13.2. The lowest BCUT2D eigenvalue weighted by Gasteiger charge is -2.36. The maximum atomic E-state index is 13.2. The Hall–Kier alpha value is -1.92. The summed E-state index contributed by atoms with van der Waals surface area (Å²) in [6, 6.07) is 11.5. The minimum Gasteiger partial charge on any atom is -0.335 e. The minimum atomic E-state index is -0.346. The zero-order valence-electron chi connectivity index (χ0n) is 14.0. The van der Waals surface area contributed by atoms with Crippen LogP contribution in [0.3, 0.4) is 0 Å². The maximum absolute atomic E-state index is 13.2. The summed E-state index contributed by atoms with van der Waals surface area (Å²) in [5, 5.41) is 7.96. The van der Waals surface area contributed by atoms with Gasteiger partial charge in [-0.2, -0.15) is 0 Å². The van der Waals surface area contributed by atoms with E-state index in [1.165, 1.54) is 29.9 Å². The third-order valence-electron chi connectivity index (χ3n) is 5.43. The number of urea groups is 1. The highest BCUT2D eigenvalue weighted by Crippen LogP contribution is 2.24. The normalized spacial score (nSPS) is 27.9. The van der Waals surface area contributed by atoms with Crippen molar-refractivity contribution in [1.82, 2.24) is 5.32 Å². The van der Waals surface area contributed by atoms with E-state index >= 15 is 0 Å². The number of thiophene rings is 1. The molecule has 2 aliphatic heterocycles. The number of halogens is 1. The Labute approximate surface area is 151 Å². The van der Waals surface area contributed by atoms with Gasteiger partial charge in [-0.25, -0.2) is 9.18 Å². The quantitative estimate of drug-likeness (QED) is 0.771. The van der Waals surface area contributed by atoms with Crippen LogP contribution in [0.15, 0.2) is 41.8 Å². The van der Waals surface area contributed by atoms with Crippen LogP contribution in [-0.4, -0.2) is 24.2 Å². The van der Waals surface area contributed by atoms with Gasteiger partial charge in [0.15, 0.2) is 0 Å². The van der Waals surface area contributed by atoms with E-state index in [9.17, 15) is 9.18 Å². The SMILES string of the molecule is O=C(Nc1cccc(F)c1)NC1C[C@H]2CC[C@@H](C1)[NH+]2Cc1cccs1. The Bertz CT molecular complexity index is 722. The van der Waals surface area contributed by atoms with E-state index < -0.39 is 0 Å². The molecule has 25 heavy (non-hydrogen) atoms. The predicted molar refractivity (Wildman–Crippen MR) is 97.4 cm³/mol. The molecule has 4 atom stereocenters. The van der Waals surface area contributed by atoms with Gasteiger partial charge in [0.1, 0.15) is 12.4 Å². The molecule has 2 saturated heterocycles. The molecule has 2 amide bonds. The molecule has 3 N–H and O–H groups in total. The van der Waals surface area contributed by atoms with Crippen LogP contribution < -0.4 is 15.5 Å². The lowest BCUT2D eigenvalue weighted by atomic mass is 9.97. The summed E-state index contributed by atoms with van der Waals surface area (Å²) in [4.78, 5) is 15.3. The van der Waals surface area contributed by atoms with E-state index in [4.69, 9.17) is 0 Å². The summed E-state index contributed by atoms with van der Waals surface area (Å²) >= 11 is 1.83.